The van der Waals surface area contributed by atoms with Crippen molar-refractivity contribution in [3.05, 3.63) is 81.8 Å². The predicted octanol–water partition coefficient (Wildman–Crippen LogP) is 2.59. The van der Waals surface area contributed by atoms with Crippen LogP contribution in [0.1, 0.15) is 26.5 Å². The van der Waals surface area contributed by atoms with Gasteiger partial charge in [-0.3, -0.25) is 15.0 Å². The molecule has 1 N–H and O–H groups in total. The highest BCUT2D eigenvalue weighted by Gasteiger charge is 2.22. The molecule has 6 nitrogen and oxygen atoms in total. The molecule has 0 atom stereocenters. The van der Waals surface area contributed by atoms with Crippen LogP contribution in [-0.4, -0.2) is 22.3 Å². The van der Waals surface area contributed by atoms with Gasteiger partial charge in [0.1, 0.15) is 5.56 Å². The number of carbonyl (C=O) groups is 1. The number of thiazole rings is 1. The van der Waals surface area contributed by atoms with Crippen molar-refractivity contribution >= 4 is 22.4 Å². The molecule has 3 aromatic rings. The van der Waals surface area contributed by atoms with Crippen molar-refractivity contribution in [2.24, 2.45) is 0 Å². The van der Waals surface area contributed by atoms with E-state index in [1.54, 1.807) is 12.1 Å². The second kappa shape index (κ2) is 7.23. The second-order valence-corrected chi connectivity index (χ2v) is 7.33. The van der Waals surface area contributed by atoms with Crippen LogP contribution >= 0.6 is 11.3 Å². The third-order valence-electron chi connectivity index (χ3n) is 4.32. The summed E-state index contributed by atoms with van der Waals surface area (Å²) < 4.78 is 0.614. The molecule has 0 bridgehead atoms. The highest BCUT2D eigenvalue weighted by atomic mass is 32.1. The van der Waals surface area contributed by atoms with Gasteiger partial charge in [0.25, 0.3) is 5.91 Å². The van der Waals surface area contributed by atoms with Crippen molar-refractivity contribution in [3.8, 4) is 0 Å². The van der Waals surface area contributed by atoms with Crippen molar-refractivity contribution in [2.75, 3.05) is 11.9 Å². The molecule has 0 spiro atoms. The van der Waals surface area contributed by atoms with Crippen LogP contribution < -0.4 is 10.0 Å². The van der Waals surface area contributed by atoms with Gasteiger partial charge in [0, 0.05) is 37.0 Å². The Balaban J connectivity index is 1.43. The molecule has 0 radical (unpaired) electrons. The van der Waals surface area contributed by atoms with E-state index in [0.717, 1.165) is 31.7 Å². The van der Waals surface area contributed by atoms with E-state index in [9.17, 15) is 10.0 Å². The van der Waals surface area contributed by atoms with E-state index in [2.05, 4.69) is 39.5 Å². The second-order valence-electron chi connectivity index (χ2n) is 6.24. The van der Waals surface area contributed by atoms with Crippen LogP contribution in [0.5, 0.6) is 0 Å². The lowest BCUT2D eigenvalue weighted by molar-refractivity contribution is -0.605. The van der Waals surface area contributed by atoms with Crippen molar-refractivity contribution in [1.29, 1.82) is 0 Å². The summed E-state index contributed by atoms with van der Waals surface area (Å²) in [6, 6.07) is 13.6. The van der Waals surface area contributed by atoms with Crippen molar-refractivity contribution < 1.29 is 9.52 Å². The van der Waals surface area contributed by atoms with E-state index in [-0.39, 0.29) is 5.91 Å². The summed E-state index contributed by atoms with van der Waals surface area (Å²) in [6.07, 6.45) is 3.48. The summed E-state index contributed by atoms with van der Waals surface area (Å²) in [7, 11) is 0. The first-order valence-corrected chi connectivity index (χ1v) is 9.24. The molecule has 0 saturated carbocycles. The Bertz CT molecular complexity index is 926. The number of hydrogen-bond donors (Lipinski definition) is 1. The van der Waals surface area contributed by atoms with Gasteiger partial charge in [-0.15, -0.1) is 11.3 Å². The van der Waals surface area contributed by atoms with Crippen molar-refractivity contribution in [2.45, 2.75) is 19.5 Å². The molecule has 4 rings (SSSR count). The maximum Gasteiger partial charge on any atom is 0.263 e. The number of benzene rings is 1. The number of nitrogens with zero attached hydrogens (tertiary/aromatic N) is 3. The summed E-state index contributed by atoms with van der Waals surface area (Å²) in [4.78, 5) is 20.4. The molecule has 1 amide bonds. The highest BCUT2D eigenvalue weighted by molar-refractivity contribution is 7.15. The zero-order chi connectivity index (χ0) is 17.9. The van der Waals surface area contributed by atoms with Crippen LogP contribution in [0.3, 0.4) is 0 Å². The molecular weight excluding hydrogens is 348 g/mol. The van der Waals surface area contributed by atoms with E-state index in [1.165, 1.54) is 34.2 Å². The minimum absolute atomic E-state index is 0.317. The molecule has 3 heterocycles. The number of rotatable bonds is 4. The summed E-state index contributed by atoms with van der Waals surface area (Å²) in [6.45, 7) is 2.70. The number of hydrogen-bond acceptors (Lipinski definition) is 5. The largest absolute Gasteiger partial charge is 0.619 e. The summed E-state index contributed by atoms with van der Waals surface area (Å²) in [5.74, 6) is -0.317. The van der Waals surface area contributed by atoms with Crippen LogP contribution in [0.15, 0.2) is 54.9 Å². The number of amides is 1. The average Bonchev–Trinajstić information content (AvgIpc) is 3.04. The van der Waals surface area contributed by atoms with Gasteiger partial charge >= 0.3 is 0 Å². The number of anilines is 1. The molecule has 1 aliphatic rings. The summed E-state index contributed by atoms with van der Waals surface area (Å²) in [5, 5.41) is 14.7. The SMILES string of the molecule is O=C(Nc1nc2c(s1)CN(Cc1ccccc1)CC2)c1ccc[n+]([O-])c1. The maximum absolute atomic E-state index is 12.3. The zero-order valence-corrected chi connectivity index (χ0v) is 14.9. The Kier molecular flexibility index (Phi) is 4.64. The Hall–Kier alpha value is -2.77. The fourth-order valence-electron chi connectivity index (χ4n) is 3.04. The van der Waals surface area contributed by atoms with Gasteiger partial charge < -0.3 is 5.21 Å². The number of aromatic nitrogens is 2. The molecule has 132 valence electrons. The number of nitrogens with one attached hydrogen (secondary N) is 1. The molecule has 2 aromatic heterocycles. The molecule has 1 aromatic carbocycles. The lowest BCUT2D eigenvalue weighted by Crippen LogP contribution is -2.29. The van der Waals surface area contributed by atoms with Crippen LogP contribution in [0, 0.1) is 5.21 Å². The average molecular weight is 366 g/mol. The van der Waals surface area contributed by atoms with Crippen LogP contribution in [-0.2, 0) is 19.5 Å². The van der Waals surface area contributed by atoms with Crippen molar-refractivity contribution in [1.82, 2.24) is 9.88 Å². The Morgan fingerprint density at radius 2 is 2.12 bits per heavy atom. The first kappa shape index (κ1) is 16.7. The molecule has 7 heteroatoms. The topological polar surface area (TPSA) is 72.2 Å². The van der Waals surface area contributed by atoms with E-state index < -0.39 is 0 Å². The standard InChI is InChI=1S/C19H18N4O2S/c24-18(15-7-4-9-23(25)12-15)21-19-20-16-8-10-22(13-17(16)26-19)11-14-5-2-1-3-6-14/h1-7,9,12H,8,10-11,13H2,(H,20,21,24). The number of pyridine rings is 1. The third kappa shape index (κ3) is 3.74. The fourth-order valence-corrected chi connectivity index (χ4v) is 4.08. The Morgan fingerprint density at radius 3 is 2.92 bits per heavy atom. The van der Waals surface area contributed by atoms with Gasteiger partial charge in [0.2, 0.25) is 0 Å². The lowest BCUT2D eigenvalue weighted by atomic mass is 10.1. The van der Waals surface area contributed by atoms with E-state index >= 15 is 0 Å². The minimum atomic E-state index is -0.317. The van der Waals surface area contributed by atoms with Crippen molar-refractivity contribution in [3.63, 3.8) is 0 Å². The summed E-state index contributed by atoms with van der Waals surface area (Å²) in [5.41, 5.74) is 2.67. The van der Waals surface area contributed by atoms with E-state index in [4.69, 9.17) is 0 Å². The molecule has 0 unspecified atom stereocenters. The third-order valence-corrected chi connectivity index (χ3v) is 5.31. The molecule has 0 fully saturated rings. The zero-order valence-electron chi connectivity index (χ0n) is 14.1. The fraction of sp³-hybridized carbons (Fsp3) is 0.211. The van der Waals surface area contributed by atoms with Crippen LogP contribution in [0.4, 0.5) is 5.13 Å². The Labute approximate surface area is 155 Å². The van der Waals surface area contributed by atoms with Gasteiger partial charge in [-0.05, 0) is 11.6 Å². The number of fused-ring (bicyclic) bond motifs is 1. The molecule has 0 aliphatic carbocycles. The molecule has 0 saturated heterocycles. The van der Waals surface area contributed by atoms with Gasteiger partial charge in [0.15, 0.2) is 17.5 Å². The van der Waals surface area contributed by atoms with Crippen LogP contribution in [0.2, 0.25) is 0 Å². The smallest absolute Gasteiger partial charge is 0.263 e. The molecular formula is C19H18N4O2S. The Morgan fingerprint density at radius 1 is 1.27 bits per heavy atom. The van der Waals surface area contributed by atoms with E-state index in [1.807, 2.05) is 6.07 Å². The monoisotopic (exact) mass is 366 g/mol. The first-order valence-electron chi connectivity index (χ1n) is 8.42. The minimum Gasteiger partial charge on any atom is -0.619 e. The van der Waals surface area contributed by atoms with E-state index in [0.29, 0.717) is 15.4 Å². The van der Waals surface area contributed by atoms with Gasteiger partial charge in [-0.25, -0.2) is 4.98 Å². The number of carbonyl (C=O) groups excluding carboxylic acids is 1. The molecule has 26 heavy (non-hydrogen) atoms. The van der Waals surface area contributed by atoms with Gasteiger partial charge in [-0.2, -0.15) is 4.73 Å². The highest BCUT2D eigenvalue weighted by Crippen LogP contribution is 2.29. The van der Waals surface area contributed by atoms with Gasteiger partial charge in [0.05, 0.1) is 5.69 Å². The quantitative estimate of drug-likeness (QED) is 0.569. The lowest BCUT2D eigenvalue weighted by Gasteiger charge is -2.25. The summed E-state index contributed by atoms with van der Waals surface area (Å²) >= 11 is 1.51. The predicted molar refractivity (Wildman–Crippen MR) is 99.7 cm³/mol. The van der Waals surface area contributed by atoms with Crippen LogP contribution in [0.25, 0.3) is 0 Å². The first-order chi connectivity index (χ1) is 12.7. The molecule has 1 aliphatic heterocycles. The van der Waals surface area contributed by atoms with Gasteiger partial charge in [-0.1, -0.05) is 30.3 Å². The normalized spacial score (nSPS) is 14.0. The maximum atomic E-state index is 12.3.